The Kier molecular flexibility index (Phi) is 3.43. The number of hydrogen-bond acceptors (Lipinski definition) is 2. The number of hydrogen-bond donors (Lipinski definition) is 2. The van der Waals surface area contributed by atoms with E-state index in [1.54, 1.807) is 0 Å². The number of allylic oxidation sites excluding steroid dienone is 1. The zero-order valence-corrected chi connectivity index (χ0v) is 7.19. The van der Waals surface area contributed by atoms with E-state index >= 15 is 0 Å². The highest BCUT2D eigenvalue weighted by Crippen LogP contribution is 2.27. The summed E-state index contributed by atoms with van der Waals surface area (Å²) >= 11 is 5.54. The summed E-state index contributed by atoms with van der Waals surface area (Å²) in [6, 6.07) is 0. The van der Waals surface area contributed by atoms with Crippen LogP contribution in [-0.2, 0) is 0 Å². The van der Waals surface area contributed by atoms with E-state index in [2.05, 4.69) is 5.32 Å². The molecule has 0 heterocycles. The van der Waals surface area contributed by atoms with E-state index in [1.165, 1.54) is 19.1 Å². The molecule has 3 heteroatoms. The van der Waals surface area contributed by atoms with Crippen LogP contribution in [0, 0.1) is 11.3 Å². The minimum absolute atomic E-state index is 0.418. The molecule has 1 saturated carbocycles. The van der Waals surface area contributed by atoms with E-state index in [-0.39, 0.29) is 0 Å². The monoisotopic (exact) mass is 172 g/mol. The van der Waals surface area contributed by atoms with E-state index < -0.39 is 0 Å². The van der Waals surface area contributed by atoms with Crippen molar-refractivity contribution in [3.05, 3.63) is 11.8 Å². The van der Waals surface area contributed by atoms with Crippen LogP contribution >= 0.6 is 11.6 Å². The largest absolute Gasteiger partial charge is 0.390 e. The molecule has 0 aromatic carbocycles. The molecule has 2 N–H and O–H groups in total. The molecule has 0 saturated heterocycles. The Hall–Kier alpha value is -0.500. The second kappa shape index (κ2) is 4.39. The van der Waals surface area contributed by atoms with Crippen LogP contribution in [-0.4, -0.2) is 18.6 Å². The van der Waals surface area contributed by atoms with Crippen LogP contribution in [0.3, 0.4) is 0 Å². The molecule has 0 atom stereocenters. The topological polar surface area (TPSA) is 35.9 Å². The second-order valence-electron chi connectivity index (χ2n) is 2.85. The molecule has 0 spiro atoms. The minimum atomic E-state index is 0.418. The molecule has 62 valence electrons. The smallest absolute Gasteiger partial charge is 0.0503 e. The van der Waals surface area contributed by atoms with Crippen molar-refractivity contribution < 1.29 is 0 Å². The third-order valence-electron chi connectivity index (χ3n) is 1.73. The van der Waals surface area contributed by atoms with Crippen molar-refractivity contribution in [1.29, 1.82) is 5.41 Å². The summed E-state index contributed by atoms with van der Waals surface area (Å²) in [5.41, 5.74) is 0.840. The van der Waals surface area contributed by atoms with Gasteiger partial charge in [0.1, 0.15) is 0 Å². The molecule has 2 nitrogen and oxygen atoms in total. The lowest BCUT2D eigenvalue weighted by Crippen LogP contribution is -2.10. The summed E-state index contributed by atoms with van der Waals surface area (Å²) in [6.45, 7) is 1.04. The molecule has 0 aliphatic heterocycles. The minimum Gasteiger partial charge on any atom is -0.390 e. The zero-order valence-electron chi connectivity index (χ0n) is 6.44. The molecule has 1 aliphatic carbocycles. The van der Waals surface area contributed by atoms with Crippen molar-refractivity contribution in [2.75, 3.05) is 12.4 Å². The average molecular weight is 173 g/mol. The Bertz CT molecular complexity index is 161. The van der Waals surface area contributed by atoms with Gasteiger partial charge in [0.15, 0.2) is 0 Å². The number of alkyl halides is 1. The van der Waals surface area contributed by atoms with Crippen LogP contribution in [0.1, 0.15) is 12.8 Å². The zero-order chi connectivity index (χ0) is 8.10. The predicted octanol–water partition coefficient (Wildman–Crippen LogP) is 1.76. The van der Waals surface area contributed by atoms with Crippen LogP contribution < -0.4 is 5.32 Å². The highest BCUT2D eigenvalue weighted by molar-refractivity contribution is 6.21. The quantitative estimate of drug-likeness (QED) is 0.481. The highest BCUT2D eigenvalue weighted by Gasteiger charge is 2.19. The van der Waals surface area contributed by atoms with Crippen LogP contribution in [0.15, 0.2) is 11.8 Å². The maximum atomic E-state index is 6.94. The van der Waals surface area contributed by atoms with Gasteiger partial charge in [-0.15, -0.1) is 11.6 Å². The number of nitrogens with one attached hydrogen (secondary N) is 2. The fourth-order valence-electron chi connectivity index (χ4n) is 0.797. The molecular formula is C8H13ClN2. The highest BCUT2D eigenvalue weighted by atomic mass is 35.5. The Balaban J connectivity index is 2.13. The Morgan fingerprint density at radius 1 is 1.64 bits per heavy atom. The van der Waals surface area contributed by atoms with Crippen LogP contribution in [0.5, 0.6) is 0 Å². The van der Waals surface area contributed by atoms with Gasteiger partial charge < -0.3 is 10.7 Å². The summed E-state index contributed by atoms with van der Waals surface area (Å²) in [4.78, 5) is 0. The van der Waals surface area contributed by atoms with Crippen molar-refractivity contribution in [3.8, 4) is 0 Å². The lowest BCUT2D eigenvalue weighted by molar-refractivity contribution is 0.745. The summed E-state index contributed by atoms with van der Waals surface area (Å²) in [5, 5.41) is 10.1. The maximum absolute atomic E-state index is 6.94. The van der Waals surface area contributed by atoms with Gasteiger partial charge in [0.05, 0.1) is 5.88 Å². The lowest BCUT2D eigenvalue weighted by Gasteiger charge is -1.98. The summed E-state index contributed by atoms with van der Waals surface area (Å²) in [7, 11) is 0. The summed E-state index contributed by atoms with van der Waals surface area (Å²) in [5.74, 6) is 1.29. The van der Waals surface area contributed by atoms with Crippen LogP contribution in [0.2, 0.25) is 0 Å². The van der Waals surface area contributed by atoms with Crippen LogP contribution in [0.25, 0.3) is 0 Å². The standard InChI is InChI=1S/C8H13ClN2/c9-3-8(4-10)6-11-5-7-1-2-7/h4,6-7,10-11H,1-3,5H2/b8-6-,10-4?. The maximum Gasteiger partial charge on any atom is 0.0503 e. The molecule has 0 aromatic heterocycles. The fourth-order valence-corrected chi connectivity index (χ4v) is 0.952. The Morgan fingerprint density at radius 3 is 2.82 bits per heavy atom. The van der Waals surface area contributed by atoms with Crippen LogP contribution in [0.4, 0.5) is 0 Å². The Labute approximate surface area is 72.1 Å². The normalized spacial score (nSPS) is 18.1. The third-order valence-corrected chi connectivity index (χ3v) is 2.04. The van der Waals surface area contributed by atoms with Gasteiger partial charge in [-0.05, 0) is 18.8 Å². The van der Waals surface area contributed by atoms with Gasteiger partial charge in [-0.3, -0.25) is 0 Å². The number of rotatable bonds is 5. The third kappa shape index (κ3) is 3.42. The van der Waals surface area contributed by atoms with Crippen molar-refractivity contribution in [3.63, 3.8) is 0 Å². The van der Waals surface area contributed by atoms with Gasteiger partial charge in [-0.2, -0.15) is 0 Å². The summed E-state index contributed by atoms with van der Waals surface area (Å²) in [6.07, 6.45) is 5.81. The molecule has 1 aliphatic rings. The molecule has 1 rings (SSSR count). The summed E-state index contributed by atoms with van der Waals surface area (Å²) < 4.78 is 0. The molecule has 0 radical (unpaired) electrons. The van der Waals surface area contributed by atoms with E-state index in [4.69, 9.17) is 17.0 Å². The van der Waals surface area contributed by atoms with Crippen molar-refractivity contribution >= 4 is 17.8 Å². The molecule has 0 unspecified atom stereocenters. The molecule has 0 amide bonds. The lowest BCUT2D eigenvalue weighted by atomic mass is 10.3. The van der Waals surface area contributed by atoms with E-state index in [0.29, 0.717) is 5.88 Å². The first-order valence-electron chi connectivity index (χ1n) is 3.85. The fraction of sp³-hybridized carbons (Fsp3) is 0.625. The van der Waals surface area contributed by atoms with Crippen molar-refractivity contribution in [2.45, 2.75) is 12.8 Å². The molecule has 0 aromatic rings. The first-order chi connectivity index (χ1) is 5.36. The van der Waals surface area contributed by atoms with Gasteiger partial charge in [0, 0.05) is 24.5 Å². The SMILES string of the molecule is N=C/C(=C\NCC1CC1)CCl. The predicted molar refractivity (Wildman–Crippen MR) is 48.3 cm³/mol. The first kappa shape index (κ1) is 8.60. The van der Waals surface area contributed by atoms with Crippen molar-refractivity contribution in [1.82, 2.24) is 5.32 Å². The van der Waals surface area contributed by atoms with E-state index in [1.807, 2.05) is 6.20 Å². The van der Waals surface area contributed by atoms with Crippen molar-refractivity contribution in [2.24, 2.45) is 5.92 Å². The Morgan fingerprint density at radius 2 is 2.36 bits per heavy atom. The van der Waals surface area contributed by atoms with Gasteiger partial charge in [-0.25, -0.2) is 0 Å². The average Bonchev–Trinajstić information content (AvgIpc) is 2.82. The van der Waals surface area contributed by atoms with Gasteiger partial charge in [-0.1, -0.05) is 0 Å². The second-order valence-corrected chi connectivity index (χ2v) is 3.12. The van der Waals surface area contributed by atoms with Gasteiger partial charge >= 0.3 is 0 Å². The first-order valence-corrected chi connectivity index (χ1v) is 4.39. The van der Waals surface area contributed by atoms with E-state index in [0.717, 1.165) is 18.0 Å². The van der Waals surface area contributed by atoms with Gasteiger partial charge in [0.2, 0.25) is 0 Å². The number of halogens is 1. The molecular weight excluding hydrogens is 160 g/mol. The molecule has 1 fully saturated rings. The van der Waals surface area contributed by atoms with Gasteiger partial charge in [0.25, 0.3) is 0 Å². The van der Waals surface area contributed by atoms with E-state index in [9.17, 15) is 0 Å². The molecule has 11 heavy (non-hydrogen) atoms. The molecule has 0 bridgehead atoms.